The molecule has 1 unspecified atom stereocenters. The van der Waals surface area contributed by atoms with Gasteiger partial charge in [-0.1, -0.05) is 41.0 Å². The van der Waals surface area contributed by atoms with Crippen LogP contribution in [-0.4, -0.2) is 165 Å². The normalized spacial score (nSPS) is 45.7. The summed E-state index contributed by atoms with van der Waals surface area (Å²) in [5.41, 5.74) is -1.82. The Balaban J connectivity index is 1.70. The van der Waals surface area contributed by atoms with E-state index in [0.29, 0.717) is 58.3 Å². The maximum atomic E-state index is 14.9. The average molecular weight is 853 g/mol. The number of nitrogens with one attached hydrogen (secondary N) is 1. The summed E-state index contributed by atoms with van der Waals surface area (Å²) in [5.74, 6) is -2.23. The zero-order valence-corrected chi connectivity index (χ0v) is 39.4. The van der Waals surface area contributed by atoms with Crippen LogP contribution in [0, 0.1) is 29.6 Å². The standard InChI is InChI=1S/C45H80N4O11/c1-16-17-33-45(11)38-27(4)35(47-18-20-49(38)42(52)60-45)25(2)23-44(10,54-21-19-46-12)39(59-41-36(50)32(48(13)14)22-26(3)55-41)28(5)37(29(6)40(51)57-33)58-34-24-43(9,53-15)30(7)31(8)56-34/h25-34,36-39,41,46,50H,16-24H2,1-15H3/t25-,26+,27-,28+,29-,30+,31+,32-,33+,34+,36+,37+,38-,39-,41?,43-,44+,45-/m1/s1. The van der Waals surface area contributed by atoms with Crippen molar-refractivity contribution in [2.75, 3.05) is 54.5 Å². The lowest BCUT2D eigenvalue weighted by Crippen LogP contribution is -2.61. The molecule has 346 valence electrons. The summed E-state index contributed by atoms with van der Waals surface area (Å²) in [6, 6.07) is -0.660. The van der Waals surface area contributed by atoms with Gasteiger partial charge in [0.1, 0.15) is 12.2 Å². The highest BCUT2D eigenvalue weighted by molar-refractivity contribution is 5.91. The lowest BCUT2D eigenvalue weighted by atomic mass is 9.72. The van der Waals surface area contributed by atoms with Crippen LogP contribution in [0.25, 0.3) is 0 Å². The molecule has 18 atom stereocenters. The third-order valence-electron chi connectivity index (χ3n) is 14.9. The van der Waals surface area contributed by atoms with Crippen molar-refractivity contribution in [1.29, 1.82) is 0 Å². The highest BCUT2D eigenvalue weighted by atomic mass is 16.7. The predicted octanol–water partition coefficient (Wildman–Crippen LogP) is 5.05. The molecule has 0 aliphatic carbocycles. The SMILES string of the molecule is CCC[C@@H]1OC(=O)[C@H](C)[C@@H](O[C@H]2C[C@@](C)(OC)[C@@H](C)[C@H](C)O2)[C@H](C)[C@@H](OC2O[C@@H](C)C[C@@H](N(C)C)[C@@H]2O)[C@@](C)(OCCNC)C[C@@H](C)C2=NCCN3C(=O)O[C@@]1(C)[C@H]3[C@@H]2C. The van der Waals surface area contributed by atoms with Crippen LogP contribution in [0.3, 0.4) is 0 Å². The van der Waals surface area contributed by atoms with Crippen molar-refractivity contribution in [3.63, 3.8) is 0 Å². The number of aliphatic hydroxyl groups excluding tert-OH is 1. The first-order valence-corrected chi connectivity index (χ1v) is 22.7. The Morgan fingerprint density at radius 3 is 2.32 bits per heavy atom. The minimum absolute atomic E-state index is 0.0715. The van der Waals surface area contributed by atoms with Crippen molar-refractivity contribution in [3.8, 4) is 0 Å². The van der Waals surface area contributed by atoms with Gasteiger partial charge in [-0.15, -0.1) is 0 Å². The van der Waals surface area contributed by atoms with Crippen molar-refractivity contribution in [1.82, 2.24) is 15.1 Å². The molecular weight excluding hydrogens is 773 g/mol. The van der Waals surface area contributed by atoms with Crippen molar-refractivity contribution in [2.24, 2.45) is 34.6 Å². The van der Waals surface area contributed by atoms with Gasteiger partial charge in [0, 0.05) is 56.1 Å². The van der Waals surface area contributed by atoms with Crippen LogP contribution in [0.15, 0.2) is 4.99 Å². The number of nitrogens with zero attached hydrogens (tertiary/aromatic N) is 3. The number of aliphatic imine (C=N–C) groups is 1. The van der Waals surface area contributed by atoms with Gasteiger partial charge >= 0.3 is 12.1 Å². The van der Waals surface area contributed by atoms with E-state index in [9.17, 15) is 14.7 Å². The zero-order chi connectivity index (χ0) is 44.5. The Morgan fingerprint density at radius 1 is 0.983 bits per heavy atom. The number of cyclic esters (lactones) is 1. The molecule has 15 nitrogen and oxygen atoms in total. The number of carbonyl (C=O) groups is 2. The second-order valence-electron chi connectivity index (χ2n) is 19.5. The van der Waals surface area contributed by atoms with Crippen LogP contribution >= 0.6 is 0 Å². The van der Waals surface area contributed by atoms with Crippen LogP contribution in [-0.2, 0) is 42.7 Å². The Hall–Kier alpha value is -1.95. The van der Waals surface area contributed by atoms with Crippen LogP contribution in [0.4, 0.5) is 4.79 Å². The van der Waals surface area contributed by atoms with E-state index in [4.69, 9.17) is 42.9 Å². The van der Waals surface area contributed by atoms with Gasteiger partial charge in [-0.2, -0.15) is 0 Å². The highest BCUT2D eigenvalue weighted by Gasteiger charge is 2.61. The smallest absolute Gasteiger partial charge is 0.410 e. The maximum absolute atomic E-state index is 14.9. The Labute approximate surface area is 360 Å². The summed E-state index contributed by atoms with van der Waals surface area (Å²) in [7, 11) is 7.49. The van der Waals surface area contributed by atoms with Gasteiger partial charge in [-0.25, -0.2) is 4.79 Å². The van der Waals surface area contributed by atoms with Crippen LogP contribution in [0.1, 0.15) is 108 Å². The molecule has 0 radical (unpaired) electrons. The van der Waals surface area contributed by atoms with Crippen molar-refractivity contribution in [3.05, 3.63) is 0 Å². The average Bonchev–Trinajstić information content (AvgIpc) is 3.31. The fourth-order valence-electron chi connectivity index (χ4n) is 11.1. The van der Waals surface area contributed by atoms with Crippen LogP contribution < -0.4 is 5.32 Å². The Kier molecular flexibility index (Phi) is 16.2. The molecule has 15 heteroatoms. The van der Waals surface area contributed by atoms with Gasteiger partial charge in [0.2, 0.25) is 0 Å². The van der Waals surface area contributed by atoms with Gasteiger partial charge in [0.15, 0.2) is 18.2 Å². The number of esters is 1. The highest BCUT2D eigenvalue weighted by Crippen LogP contribution is 2.46. The van der Waals surface area contributed by atoms with E-state index in [2.05, 4.69) is 39.9 Å². The minimum Gasteiger partial charge on any atom is -0.458 e. The van der Waals surface area contributed by atoms with E-state index in [1.165, 1.54) is 0 Å². The third kappa shape index (κ3) is 9.89. The predicted molar refractivity (Wildman–Crippen MR) is 228 cm³/mol. The maximum Gasteiger partial charge on any atom is 0.410 e. The van der Waals surface area contributed by atoms with E-state index < -0.39 is 83.7 Å². The monoisotopic (exact) mass is 853 g/mol. The molecular formula is C45H80N4O11. The van der Waals surface area contributed by atoms with Crippen LogP contribution in [0.5, 0.6) is 0 Å². The molecule has 2 bridgehead atoms. The number of ether oxygens (including phenoxy) is 8. The first-order valence-electron chi connectivity index (χ1n) is 22.7. The molecule has 2 N–H and O–H groups in total. The Bertz CT molecular complexity index is 1490. The lowest BCUT2D eigenvalue weighted by molar-refractivity contribution is -0.316. The molecule has 0 saturated carbocycles. The second-order valence-corrected chi connectivity index (χ2v) is 19.5. The van der Waals surface area contributed by atoms with Crippen molar-refractivity contribution >= 4 is 17.8 Å². The molecule has 0 aromatic carbocycles. The molecule has 0 spiro atoms. The van der Waals surface area contributed by atoms with Gasteiger partial charge in [0.25, 0.3) is 0 Å². The van der Waals surface area contributed by atoms with Crippen LogP contribution in [0.2, 0.25) is 0 Å². The Morgan fingerprint density at radius 2 is 1.68 bits per heavy atom. The molecule has 5 heterocycles. The summed E-state index contributed by atoms with van der Waals surface area (Å²) >= 11 is 0. The van der Waals surface area contributed by atoms with E-state index in [1.54, 1.807) is 12.0 Å². The summed E-state index contributed by atoms with van der Waals surface area (Å²) in [6.45, 7) is 24.0. The molecule has 0 aromatic heterocycles. The molecule has 0 aromatic rings. The van der Waals surface area contributed by atoms with Crippen molar-refractivity contribution < 1.29 is 52.6 Å². The van der Waals surface area contributed by atoms with Gasteiger partial charge < -0.3 is 53.2 Å². The number of likely N-dealkylation sites (N-methyl/N-ethyl adjacent to an activating group) is 2. The summed E-state index contributed by atoms with van der Waals surface area (Å²) in [5, 5.41) is 15.1. The number of aliphatic hydroxyl groups is 1. The first kappa shape index (κ1) is 49.1. The largest absolute Gasteiger partial charge is 0.458 e. The van der Waals surface area contributed by atoms with Gasteiger partial charge in [0.05, 0.1) is 60.7 Å². The third-order valence-corrected chi connectivity index (χ3v) is 14.9. The number of rotatable bonds is 12. The fraction of sp³-hybridized carbons (Fsp3) is 0.933. The number of methoxy groups -OCH3 is 1. The summed E-state index contributed by atoms with van der Waals surface area (Å²) in [6.07, 6.45) is -3.25. The van der Waals surface area contributed by atoms with E-state index in [-0.39, 0.29) is 36.0 Å². The summed E-state index contributed by atoms with van der Waals surface area (Å²) < 4.78 is 53.4. The molecule has 5 rings (SSSR count). The fourth-order valence-corrected chi connectivity index (χ4v) is 11.1. The number of amides is 1. The zero-order valence-electron chi connectivity index (χ0n) is 39.4. The molecule has 5 aliphatic rings. The molecule has 60 heavy (non-hydrogen) atoms. The number of fused-ring (bicyclic) bond motifs is 1. The minimum atomic E-state index is -1.15. The lowest BCUT2D eigenvalue weighted by Gasteiger charge is -2.50. The first-order chi connectivity index (χ1) is 28.2. The molecule has 4 fully saturated rings. The van der Waals surface area contributed by atoms with E-state index >= 15 is 0 Å². The van der Waals surface area contributed by atoms with Crippen molar-refractivity contribution in [2.45, 2.75) is 186 Å². The quantitative estimate of drug-likeness (QED) is 0.199. The second kappa shape index (κ2) is 19.8. The molecule has 1 amide bonds. The topological polar surface area (TPSA) is 159 Å². The number of hydrogen-bond acceptors (Lipinski definition) is 14. The number of carbonyl (C=O) groups excluding carboxylic acids is 2. The van der Waals surface area contributed by atoms with E-state index in [0.717, 1.165) is 5.71 Å². The van der Waals surface area contributed by atoms with Gasteiger partial charge in [-0.05, 0) is 87.9 Å². The summed E-state index contributed by atoms with van der Waals surface area (Å²) in [4.78, 5) is 37.6. The van der Waals surface area contributed by atoms with E-state index in [1.807, 2.05) is 67.6 Å². The van der Waals surface area contributed by atoms with Gasteiger partial charge in [-0.3, -0.25) is 14.7 Å². The molecule has 4 saturated heterocycles. The molecule has 5 aliphatic heterocycles. The number of hydrogen-bond donors (Lipinski definition) is 2.